The van der Waals surface area contributed by atoms with Crippen LogP contribution in [0.15, 0.2) is 0 Å². The molecule has 0 aromatic carbocycles. The molecule has 1 heterocycles. The van der Waals surface area contributed by atoms with E-state index in [1.165, 1.54) is 4.90 Å². The van der Waals surface area contributed by atoms with Crippen molar-refractivity contribution >= 4 is 11.9 Å². The molecule has 1 saturated carbocycles. The van der Waals surface area contributed by atoms with Crippen LogP contribution in [-0.2, 0) is 4.79 Å². The largest absolute Gasteiger partial charge is 0.396 e. The van der Waals surface area contributed by atoms with E-state index in [1.807, 2.05) is 0 Å². The third-order valence-corrected chi connectivity index (χ3v) is 3.99. The number of aliphatic hydroxyl groups is 1. The minimum absolute atomic E-state index is 0.0313. The molecule has 0 unspecified atom stereocenters. The fourth-order valence-electron chi connectivity index (χ4n) is 2.93. The molecule has 2 N–H and O–H groups in total. The van der Waals surface area contributed by atoms with Gasteiger partial charge in [-0.15, -0.1) is 0 Å². The first kappa shape index (κ1) is 13.3. The summed E-state index contributed by atoms with van der Waals surface area (Å²) >= 11 is 0. The molecule has 3 amide bonds. The third kappa shape index (κ3) is 2.51. The summed E-state index contributed by atoms with van der Waals surface area (Å²) in [5.74, 6) is -0.0313. The van der Waals surface area contributed by atoms with Crippen LogP contribution in [0.2, 0.25) is 0 Å². The monoisotopic (exact) mass is 254 g/mol. The Hall–Kier alpha value is -1.10. The van der Waals surface area contributed by atoms with Crippen LogP contribution in [0.3, 0.4) is 0 Å². The van der Waals surface area contributed by atoms with Gasteiger partial charge in [0, 0.05) is 13.2 Å². The number of hydrogen-bond acceptors (Lipinski definition) is 3. The molecule has 102 valence electrons. The number of aliphatic hydroxyl groups excluding tert-OH is 1. The lowest BCUT2D eigenvalue weighted by Gasteiger charge is -2.30. The van der Waals surface area contributed by atoms with Crippen molar-refractivity contribution < 1.29 is 14.7 Å². The first-order chi connectivity index (χ1) is 8.69. The fourth-order valence-corrected chi connectivity index (χ4v) is 2.93. The molecular weight excluding hydrogens is 232 g/mol. The third-order valence-electron chi connectivity index (χ3n) is 3.99. The number of amides is 3. The number of unbranched alkanes of at least 4 members (excludes halogenated alkanes) is 2. The Morgan fingerprint density at radius 3 is 2.50 bits per heavy atom. The highest BCUT2D eigenvalue weighted by molar-refractivity contribution is 6.07. The van der Waals surface area contributed by atoms with Crippen molar-refractivity contribution in [1.29, 1.82) is 0 Å². The van der Waals surface area contributed by atoms with Crippen molar-refractivity contribution in [2.75, 3.05) is 13.2 Å². The summed E-state index contributed by atoms with van der Waals surface area (Å²) in [6.07, 6.45) is 7.11. The molecule has 0 aromatic heterocycles. The quantitative estimate of drug-likeness (QED) is 0.575. The molecule has 2 rings (SSSR count). The van der Waals surface area contributed by atoms with Crippen molar-refractivity contribution in [2.45, 2.75) is 56.9 Å². The van der Waals surface area contributed by atoms with Gasteiger partial charge in [0.05, 0.1) is 0 Å². The highest BCUT2D eigenvalue weighted by atomic mass is 16.3. The van der Waals surface area contributed by atoms with Crippen LogP contribution in [0.1, 0.15) is 51.4 Å². The molecule has 1 saturated heterocycles. The first-order valence-electron chi connectivity index (χ1n) is 6.95. The SMILES string of the molecule is O=C1NC2(CCCCC2)C(=O)N1CCCCCO. The van der Waals surface area contributed by atoms with E-state index < -0.39 is 5.54 Å². The number of carbonyl (C=O) groups is 2. The van der Waals surface area contributed by atoms with E-state index in [-0.39, 0.29) is 18.5 Å². The van der Waals surface area contributed by atoms with Crippen LogP contribution >= 0.6 is 0 Å². The maximum atomic E-state index is 12.3. The lowest BCUT2D eigenvalue weighted by Crippen LogP contribution is -2.48. The maximum absolute atomic E-state index is 12.3. The van der Waals surface area contributed by atoms with E-state index in [2.05, 4.69) is 5.32 Å². The summed E-state index contributed by atoms with van der Waals surface area (Å²) in [5, 5.41) is 11.6. The Bertz CT molecular complexity index is 324. The summed E-state index contributed by atoms with van der Waals surface area (Å²) in [6.45, 7) is 0.649. The van der Waals surface area contributed by atoms with E-state index >= 15 is 0 Å². The van der Waals surface area contributed by atoms with Crippen molar-refractivity contribution in [3.8, 4) is 0 Å². The number of carbonyl (C=O) groups excluding carboxylic acids is 2. The Kier molecular flexibility index (Phi) is 4.22. The molecule has 2 aliphatic rings. The molecule has 0 atom stereocenters. The molecule has 2 fully saturated rings. The second-order valence-electron chi connectivity index (χ2n) is 5.31. The summed E-state index contributed by atoms with van der Waals surface area (Å²) in [4.78, 5) is 25.6. The predicted octanol–water partition coefficient (Wildman–Crippen LogP) is 1.40. The summed E-state index contributed by atoms with van der Waals surface area (Å²) in [7, 11) is 0. The number of imide groups is 1. The Balaban J connectivity index is 1.92. The van der Waals surface area contributed by atoms with Crippen LogP contribution in [0.25, 0.3) is 0 Å². The minimum atomic E-state index is -0.591. The molecule has 0 aromatic rings. The zero-order valence-corrected chi connectivity index (χ0v) is 10.8. The van der Waals surface area contributed by atoms with Gasteiger partial charge in [0.1, 0.15) is 5.54 Å². The Morgan fingerprint density at radius 1 is 1.11 bits per heavy atom. The van der Waals surface area contributed by atoms with Crippen LogP contribution in [0, 0.1) is 0 Å². The number of nitrogens with one attached hydrogen (secondary N) is 1. The molecular formula is C13H22N2O3. The average Bonchev–Trinajstić information content (AvgIpc) is 2.59. The van der Waals surface area contributed by atoms with Gasteiger partial charge in [0.15, 0.2) is 0 Å². The standard InChI is InChI=1S/C13H22N2O3/c16-10-6-2-5-9-15-11(17)13(14-12(15)18)7-3-1-4-8-13/h16H,1-10H2,(H,14,18). The number of urea groups is 1. The number of nitrogens with zero attached hydrogens (tertiary/aromatic N) is 1. The van der Waals surface area contributed by atoms with Crippen molar-refractivity contribution in [1.82, 2.24) is 10.2 Å². The second-order valence-corrected chi connectivity index (χ2v) is 5.31. The molecule has 0 bridgehead atoms. The van der Waals surface area contributed by atoms with Crippen molar-refractivity contribution in [3.05, 3.63) is 0 Å². The van der Waals surface area contributed by atoms with Gasteiger partial charge in [-0.3, -0.25) is 9.69 Å². The molecule has 5 nitrogen and oxygen atoms in total. The first-order valence-corrected chi connectivity index (χ1v) is 6.95. The van der Waals surface area contributed by atoms with Crippen LogP contribution in [-0.4, -0.2) is 40.6 Å². The summed E-state index contributed by atoms with van der Waals surface area (Å²) < 4.78 is 0. The summed E-state index contributed by atoms with van der Waals surface area (Å²) in [6, 6.07) is -0.231. The van der Waals surface area contributed by atoms with Crippen molar-refractivity contribution in [2.24, 2.45) is 0 Å². The van der Waals surface area contributed by atoms with E-state index in [1.54, 1.807) is 0 Å². The van der Waals surface area contributed by atoms with Gasteiger partial charge >= 0.3 is 6.03 Å². The number of hydrogen-bond donors (Lipinski definition) is 2. The topological polar surface area (TPSA) is 69.6 Å². The van der Waals surface area contributed by atoms with Gasteiger partial charge in [-0.2, -0.15) is 0 Å². The molecule has 1 aliphatic carbocycles. The Labute approximate surface area is 108 Å². The fraction of sp³-hybridized carbons (Fsp3) is 0.846. The average molecular weight is 254 g/mol. The lowest BCUT2D eigenvalue weighted by molar-refractivity contribution is -0.132. The summed E-state index contributed by atoms with van der Waals surface area (Å²) in [5.41, 5.74) is -0.591. The normalized spacial score (nSPS) is 22.6. The molecule has 5 heteroatoms. The predicted molar refractivity (Wildman–Crippen MR) is 67.0 cm³/mol. The van der Waals surface area contributed by atoms with Crippen molar-refractivity contribution in [3.63, 3.8) is 0 Å². The zero-order valence-electron chi connectivity index (χ0n) is 10.8. The molecule has 1 spiro atoms. The zero-order chi connectivity index (χ0) is 13.0. The van der Waals surface area contributed by atoms with Gasteiger partial charge in [0.25, 0.3) is 5.91 Å². The number of rotatable bonds is 5. The molecule has 0 radical (unpaired) electrons. The Morgan fingerprint density at radius 2 is 1.83 bits per heavy atom. The molecule has 1 aliphatic heterocycles. The van der Waals surface area contributed by atoms with Gasteiger partial charge in [-0.1, -0.05) is 19.3 Å². The van der Waals surface area contributed by atoms with Crippen LogP contribution in [0.4, 0.5) is 4.79 Å². The van der Waals surface area contributed by atoms with Gasteiger partial charge in [0.2, 0.25) is 0 Å². The van der Waals surface area contributed by atoms with Gasteiger partial charge in [-0.25, -0.2) is 4.79 Å². The van der Waals surface area contributed by atoms with Gasteiger partial charge in [-0.05, 0) is 32.1 Å². The second kappa shape index (κ2) is 5.69. The highest BCUT2D eigenvalue weighted by Crippen LogP contribution is 2.33. The van der Waals surface area contributed by atoms with E-state index in [4.69, 9.17) is 5.11 Å². The van der Waals surface area contributed by atoms with Crippen LogP contribution in [0.5, 0.6) is 0 Å². The minimum Gasteiger partial charge on any atom is -0.396 e. The van der Waals surface area contributed by atoms with E-state index in [0.717, 1.165) is 51.4 Å². The maximum Gasteiger partial charge on any atom is 0.325 e. The molecule has 18 heavy (non-hydrogen) atoms. The highest BCUT2D eigenvalue weighted by Gasteiger charge is 2.50. The van der Waals surface area contributed by atoms with E-state index in [9.17, 15) is 9.59 Å². The van der Waals surface area contributed by atoms with Gasteiger partial charge < -0.3 is 10.4 Å². The van der Waals surface area contributed by atoms with Crippen LogP contribution < -0.4 is 5.32 Å². The smallest absolute Gasteiger partial charge is 0.325 e. The lowest BCUT2D eigenvalue weighted by atomic mass is 9.82. The van der Waals surface area contributed by atoms with E-state index in [0.29, 0.717) is 6.54 Å².